The number of benzene rings is 1. The average molecular weight is 588 g/mol. The van der Waals surface area contributed by atoms with Crippen molar-refractivity contribution in [2.45, 2.75) is 65.3 Å². The van der Waals surface area contributed by atoms with Gasteiger partial charge < -0.3 is 19.6 Å². The molecule has 1 aromatic carbocycles. The van der Waals surface area contributed by atoms with E-state index in [4.69, 9.17) is 19.6 Å². The Morgan fingerprint density at radius 3 is 2.61 bits per heavy atom. The fourth-order valence-electron chi connectivity index (χ4n) is 4.39. The van der Waals surface area contributed by atoms with Gasteiger partial charge in [-0.1, -0.05) is 5.16 Å². The molecule has 0 radical (unpaired) electrons. The smallest absolute Gasteiger partial charge is 0.333 e. The average Bonchev–Trinajstić information content (AvgIpc) is 3.24. The maximum absolute atomic E-state index is 14.4. The summed E-state index contributed by atoms with van der Waals surface area (Å²) in [7, 11) is 2.81. The van der Waals surface area contributed by atoms with Crippen LogP contribution in [0.25, 0.3) is 10.2 Å². The van der Waals surface area contributed by atoms with Gasteiger partial charge in [0.1, 0.15) is 35.1 Å². The number of aryl methyl sites for hydroxylation is 1. The van der Waals surface area contributed by atoms with Crippen LogP contribution in [-0.2, 0) is 26.5 Å². The van der Waals surface area contributed by atoms with Gasteiger partial charge in [-0.3, -0.25) is 14.2 Å². The first-order valence-corrected chi connectivity index (χ1v) is 13.7. The van der Waals surface area contributed by atoms with Crippen LogP contribution in [0.1, 0.15) is 56.2 Å². The number of rotatable bonds is 12. The molecule has 1 atom stereocenters. The highest BCUT2D eigenvalue weighted by Crippen LogP contribution is 2.33. The number of hydrogen-bond donors (Lipinski definition) is 1. The Bertz CT molecular complexity index is 1620. The standard InChI is InChI=1S/C28H34FN5O6S/c1-16(2)32-26(36)28(4,5)34-24(35)23-17(3)22(14-31-39-7)41-25(23)33(27(34)37)15-21(40-12-8-11-30)19-13-18(29)9-10-20(19)38-6/h9-10,13-14,16,21H,8,12,15H2,1-7H3,(H,32,36)/b31-14-. The van der Waals surface area contributed by atoms with Crippen molar-refractivity contribution < 1.29 is 23.5 Å². The summed E-state index contributed by atoms with van der Waals surface area (Å²) in [5.41, 5.74) is -2.11. The highest BCUT2D eigenvalue weighted by molar-refractivity contribution is 7.20. The van der Waals surface area contributed by atoms with Gasteiger partial charge in [0, 0.05) is 11.6 Å². The molecule has 0 aliphatic heterocycles. The molecule has 2 heterocycles. The van der Waals surface area contributed by atoms with Gasteiger partial charge in [-0.05, 0) is 58.4 Å². The number of thiophene rings is 1. The number of amides is 1. The SMILES string of the molecule is CO/N=C\c1sc2c(c1C)c(=O)n(C(C)(C)C(=O)NC(C)C)c(=O)n2CC(OCCC#N)c1cc(F)ccc1OC. The van der Waals surface area contributed by atoms with E-state index in [2.05, 4.69) is 10.5 Å². The Kier molecular flexibility index (Phi) is 10.1. The molecular formula is C28H34FN5O6S. The van der Waals surface area contributed by atoms with E-state index < -0.39 is 34.6 Å². The van der Waals surface area contributed by atoms with Gasteiger partial charge in [-0.2, -0.15) is 5.26 Å². The monoisotopic (exact) mass is 587 g/mol. The molecule has 3 rings (SSSR count). The molecule has 0 aliphatic rings. The second-order valence-corrected chi connectivity index (χ2v) is 11.1. The maximum atomic E-state index is 14.4. The van der Waals surface area contributed by atoms with Crippen LogP contribution in [0.4, 0.5) is 4.39 Å². The number of fused-ring (bicyclic) bond motifs is 1. The van der Waals surface area contributed by atoms with Crippen LogP contribution in [0.15, 0.2) is 32.9 Å². The van der Waals surface area contributed by atoms with E-state index in [0.29, 0.717) is 26.6 Å². The summed E-state index contributed by atoms with van der Waals surface area (Å²) in [6, 6.07) is 5.69. The maximum Gasteiger partial charge on any atom is 0.333 e. The molecule has 0 fully saturated rings. The lowest BCUT2D eigenvalue weighted by Crippen LogP contribution is -2.56. The van der Waals surface area contributed by atoms with Crippen LogP contribution in [0.3, 0.4) is 0 Å². The van der Waals surface area contributed by atoms with E-state index in [1.54, 1.807) is 20.8 Å². The summed E-state index contributed by atoms with van der Waals surface area (Å²) in [6.45, 7) is 8.08. The first-order valence-electron chi connectivity index (χ1n) is 12.9. The molecule has 0 saturated heterocycles. The normalized spacial score (nSPS) is 12.6. The first-order chi connectivity index (χ1) is 19.4. The van der Waals surface area contributed by atoms with E-state index in [0.717, 1.165) is 15.9 Å². The molecule has 41 heavy (non-hydrogen) atoms. The van der Waals surface area contributed by atoms with Crippen molar-refractivity contribution in [1.29, 1.82) is 5.26 Å². The third kappa shape index (κ3) is 6.49. The number of ether oxygens (including phenoxy) is 2. The highest BCUT2D eigenvalue weighted by Gasteiger charge is 2.36. The lowest BCUT2D eigenvalue weighted by molar-refractivity contribution is -0.129. The van der Waals surface area contributed by atoms with Crippen molar-refractivity contribution in [3.8, 4) is 11.8 Å². The Morgan fingerprint density at radius 1 is 1.29 bits per heavy atom. The van der Waals surface area contributed by atoms with Gasteiger partial charge in [-0.25, -0.2) is 13.8 Å². The zero-order valence-corrected chi connectivity index (χ0v) is 24.9. The third-order valence-corrected chi connectivity index (χ3v) is 7.73. The van der Waals surface area contributed by atoms with E-state index in [9.17, 15) is 18.8 Å². The lowest BCUT2D eigenvalue weighted by atomic mass is 10.0. The van der Waals surface area contributed by atoms with Crippen molar-refractivity contribution in [3.63, 3.8) is 0 Å². The molecule has 11 nitrogen and oxygen atoms in total. The predicted octanol–water partition coefficient (Wildman–Crippen LogP) is 3.59. The minimum atomic E-state index is -1.57. The van der Waals surface area contributed by atoms with Gasteiger partial charge in [0.2, 0.25) is 5.91 Å². The summed E-state index contributed by atoms with van der Waals surface area (Å²) in [5, 5.41) is 15.9. The number of carbonyl (C=O) groups is 1. The third-order valence-electron chi connectivity index (χ3n) is 6.48. The van der Waals surface area contributed by atoms with Crippen molar-refractivity contribution in [2.24, 2.45) is 5.16 Å². The van der Waals surface area contributed by atoms with E-state index >= 15 is 0 Å². The molecule has 0 aliphatic carbocycles. The van der Waals surface area contributed by atoms with Crippen molar-refractivity contribution in [1.82, 2.24) is 14.5 Å². The number of nitriles is 1. The zero-order chi connectivity index (χ0) is 30.5. The minimum absolute atomic E-state index is 0.00410. The minimum Gasteiger partial charge on any atom is -0.496 e. The Balaban J connectivity index is 2.38. The number of oxime groups is 1. The van der Waals surface area contributed by atoms with Crippen LogP contribution in [0, 0.1) is 24.1 Å². The van der Waals surface area contributed by atoms with Crippen molar-refractivity contribution in [2.75, 3.05) is 20.8 Å². The van der Waals surface area contributed by atoms with Gasteiger partial charge in [0.25, 0.3) is 5.56 Å². The number of carbonyl (C=O) groups excluding carboxylic acids is 1. The molecule has 2 aromatic heterocycles. The van der Waals surface area contributed by atoms with Gasteiger partial charge in [0.05, 0.1) is 49.2 Å². The number of nitrogens with one attached hydrogen (secondary N) is 1. The molecule has 1 amide bonds. The number of aromatic nitrogens is 2. The molecular weight excluding hydrogens is 553 g/mol. The van der Waals surface area contributed by atoms with Crippen LogP contribution < -0.4 is 21.3 Å². The summed E-state index contributed by atoms with van der Waals surface area (Å²) >= 11 is 1.14. The zero-order valence-electron chi connectivity index (χ0n) is 24.1. The topological polar surface area (TPSA) is 137 Å². The predicted molar refractivity (Wildman–Crippen MR) is 154 cm³/mol. The quantitative estimate of drug-likeness (QED) is 0.194. The van der Waals surface area contributed by atoms with Crippen LogP contribution in [0.5, 0.6) is 5.75 Å². The summed E-state index contributed by atoms with van der Waals surface area (Å²) in [4.78, 5) is 47.0. The van der Waals surface area contributed by atoms with Crippen LogP contribution >= 0.6 is 11.3 Å². The van der Waals surface area contributed by atoms with E-state index in [1.165, 1.54) is 57.0 Å². The molecule has 0 bridgehead atoms. The lowest BCUT2D eigenvalue weighted by Gasteiger charge is -2.28. The highest BCUT2D eigenvalue weighted by atomic mass is 32.1. The van der Waals surface area contributed by atoms with Crippen molar-refractivity contribution in [3.05, 3.63) is 60.9 Å². The number of halogens is 1. The molecule has 0 saturated carbocycles. The van der Waals surface area contributed by atoms with Crippen LogP contribution in [0.2, 0.25) is 0 Å². The summed E-state index contributed by atoms with van der Waals surface area (Å²) in [5.74, 6) is -0.744. The van der Waals surface area contributed by atoms with E-state index in [1.807, 2.05) is 6.07 Å². The fraction of sp³-hybridized carbons (Fsp3) is 0.464. The molecule has 3 aromatic rings. The van der Waals surface area contributed by atoms with Gasteiger partial charge in [-0.15, -0.1) is 11.3 Å². The second kappa shape index (κ2) is 13.1. The molecule has 1 N–H and O–H groups in total. The summed E-state index contributed by atoms with van der Waals surface area (Å²) < 4.78 is 28.1. The summed E-state index contributed by atoms with van der Waals surface area (Å²) in [6.07, 6.45) is 0.536. The molecule has 220 valence electrons. The van der Waals surface area contributed by atoms with Gasteiger partial charge >= 0.3 is 5.69 Å². The Labute approximate surface area is 240 Å². The van der Waals surface area contributed by atoms with Crippen LogP contribution in [-0.4, -0.2) is 48.1 Å². The van der Waals surface area contributed by atoms with E-state index in [-0.39, 0.29) is 31.0 Å². The largest absolute Gasteiger partial charge is 0.496 e. The number of hydrogen-bond acceptors (Lipinski definition) is 9. The Hall–Kier alpha value is -4.02. The first kappa shape index (κ1) is 31.5. The van der Waals surface area contributed by atoms with Crippen molar-refractivity contribution >= 4 is 33.7 Å². The number of methoxy groups -OCH3 is 1. The molecule has 13 heteroatoms. The second-order valence-electron chi connectivity index (χ2n) is 10.1. The molecule has 1 unspecified atom stereocenters. The van der Waals surface area contributed by atoms with Gasteiger partial charge in [0.15, 0.2) is 0 Å². The fourth-order valence-corrected chi connectivity index (χ4v) is 5.56. The number of nitrogens with zero attached hydrogens (tertiary/aromatic N) is 4. The molecule has 0 spiro atoms. The Morgan fingerprint density at radius 2 is 2.00 bits per heavy atom.